The highest BCUT2D eigenvalue weighted by atomic mass is 16.4. The van der Waals surface area contributed by atoms with Gasteiger partial charge in [-0.1, -0.05) is 26.8 Å². The molecule has 0 bridgehead atoms. The van der Waals surface area contributed by atoms with Crippen molar-refractivity contribution in [2.75, 3.05) is 0 Å². The third kappa shape index (κ3) is 2.84. The van der Waals surface area contributed by atoms with Gasteiger partial charge >= 0.3 is 7.12 Å². The van der Waals surface area contributed by atoms with Crippen LogP contribution in [0.15, 0.2) is 18.2 Å². The number of benzene rings is 1. The van der Waals surface area contributed by atoms with Crippen LogP contribution in [0, 0.1) is 0 Å². The number of primary amides is 1. The highest BCUT2D eigenvalue weighted by molar-refractivity contribution is 6.58. The van der Waals surface area contributed by atoms with Crippen LogP contribution in [0.25, 0.3) is 0 Å². The van der Waals surface area contributed by atoms with Gasteiger partial charge in [-0.3, -0.25) is 4.79 Å². The van der Waals surface area contributed by atoms with Crippen LogP contribution in [0.2, 0.25) is 0 Å². The second-order valence-corrected chi connectivity index (χ2v) is 4.83. The molecule has 0 spiro atoms. The number of hydrogen-bond acceptors (Lipinski definition) is 3. The Hall–Kier alpha value is -1.33. The first-order valence-corrected chi connectivity index (χ1v) is 5.03. The van der Waals surface area contributed by atoms with Gasteiger partial charge in [-0.2, -0.15) is 0 Å². The van der Waals surface area contributed by atoms with E-state index < -0.39 is 13.0 Å². The Morgan fingerprint density at radius 2 is 1.81 bits per heavy atom. The van der Waals surface area contributed by atoms with Crippen LogP contribution >= 0.6 is 0 Å². The van der Waals surface area contributed by atoms with Crippen molar-refractivity contribution >= 4 is 18.5 Å². The fourth-order valence-electron chi connectivity index (χ4n) is 1.38. The molecule has 0 fully saturated rings. The molecule has 1 aromatic rings. The first kappa shape index (κ1) is 12.7. The molecule has 1 amide bonds. The monoisotopic (exact) mass is 221 g/mol. The quantitative estimate of drug-likeness (QED) is 0.603. The predicted octanol–water partition coefficient (Wildman–Crippen LogP) is -0.237. The largest absolute Gasteiger partial charge is 0.488 e. The van der Waals surface area contributed by atoms with Crippen molar-refractivity contribution < 1.29 is 14.8 Å². The lowest BCUT2D eigenvalue weighted by Crippen LogP contribution is -2.32. The maximum Gasteiger partial charge on any atom is 0.488 e. The third-order valence-electron chi connectivity index (χ3n) is 2.40. The van der Waals surface area contributed by atoms with E-state index in [4.69, 9.17) is 15.8 Å². The minimum absolute atomic E-state index is 0.185. The molecule has 0 aromatic heterocycles. The normalized spacial score (nSPS) is 11.3. The Labute approximate surface area is 95.2 Å². The summed E-state index contributed by atoms with van der Waals surface area (Å²) in [5.74, 6) is -0.576. The Morgan fingerprint density at radius 3 is 2.19 bits per heavy atom. The van der Waals surface area contributed by atoms with E-state index in [0.717, 1.165) is 5.56 Å². The topological polar surface area (TPSA) is 83.6 Å². The Morgan fingerprint density at radius 1 is 1.25 bits per heavy atom. The summed E-state index contributed by atoms with van der Waals surface area (Å²) in [4.78, 5) is 11.1. The number of carbonyl (C=O) groups excluding carboxylic acids is 1. The molecule has 4 nitrogen and oxygen atoms in total. The molecule has 16 heavy (non-hydrogen) atoms. The average Bonchev–Trinajstić information content (AvgIpc) is 2.15. The first-order chi connectivity index (χ1) is 7.21. The number of amides is 1. The van der Waals surface area contributed by atoms with E-state index in [1.165, 1.54) is 6.07 Å². The van der Waals surface area contributed by atoms with Crippen molar-refractivity contribution in [3.05, 3.63) is 29.3 Å². The lowest BCUT2D eigenvalue weighted by molar-refractivity contribution is 0.1000. The van der Waals surface area contributed by atoms with Crippen LogP contribution in [0.1, 0.15) is 36.7 Å². The molecule has 0 aliphatic carbocycles. The van der Waals surface area contributed by atoms with E-state index >= 15 is 0 Å². The van der Waals surface area contributed by atoms with E-state index in [9.17, 15) is 4.79 Å². The molecule has 0 radical (unpaired) electrons. The van der Waals surface area contributed by atoms with Crippen molar-refractivity contribution in [3.63, 3.8) is 0 Å². The van der Waals surface area contributed by atoms with E-state index in [0.29, 0.717) is 0 Å². The molecule has 0 aliphatic heterocycles. The van der Waals surface area contributed by atoms with Crippen LogP contribution in [0.3, 0.4) is 0 Å². The van der Waals surface area contributed by atoms with Crippen molar-refractivity contribution in [3.8, 4) is 0 Å². The van der Waals surface area contributed by atoms with Gasteiger partial charge < -0.3 is 15.8 Å². The molecular formula is C11H16BNO3. The van der Waals surface area contributed by atoms with Crippen molar-refractivity contribution in [1.29, 1.82) is 0 Å². The van der Waals surface area contributed by atoms with Gasteiger partial charge in [0.1, 0.15) is 0 Å². The third-order valence-corrected chi connectivity index (χ3v) is 2.40. The van der Waals surface area contributed by atoms with Crippen LogP contribution < -0.4 is 11.2 Å². The molecule has 86 valence electrons. The summed E-state index contributed by atoms with van der Waals surface area (Å²) in [6.07, 6.45) is 0. The zero-order valence-corrected chi connectivity index (χ0v) is 9.69. The first-order valence-electron chi connectivity index (χ1n) is 5.03. The SMILES string of the molecule is CC(C)(C)c1cc(B(O)O)cc(C(N)=O)c1. The number of hydrogen-bond donors (Lipinski definition) is 3. The summed E-state index contributed by atoms with van der Waals surface area (Å²) in [5, 5.41) is 18.2. The standard InChI is InChI=1S/C11H16BNO3/c1-11(2,3)8-4-7(10(13)14)5-9(6-8)12(15)16/h4-6,15-16H,1-3H3,(H2,13,14). The summed E-state index contributed by atoms with van der Waals surface area (Å²) in [7, 11) is -1.60. The highest BCUT2D eigenvalue weighted by Gasteiger charge is 2.20. The summed E-state index contributed by atoms with van der Waals surface area (Å²) < 4.78 is 0. The molecule has 1 aromatic carbocycles. The van der Waals surface area contributed by atoms with E-state index in [1.54, 1.807) is 12.1 Å². The maximum atomic E-state index is 11.1. The van der Waals surface area contributed by atoms with Gasteiger partial charge in [0.05, 0.1) is 0 Å². The molecule has 0 aliphatic rings. The van der Waals surface area contributed by atoms with Crippen molar-refractivity contribution in [1.82, 2.24) is 0 Å². The number of carbonyl (C=O) groups is 1. The van der Waals surface area contributed by atoms with E-state index in [1.807, 2.05) is 20.8 Å². The zero-order valence-electron chi connectivity index (χ0n) is 9.69. The second-order valence-electron chi connectivity index (χ2n) is 4.83. The van der Waals surface area contributed by atoms with Gasteiger partial charge in [-0.25, -0.2) is 0 Å². The van der Waals surface area contributed by atoms with Crippen molar-refractivity contribution in [2.45, 2.75) is 26.2 Å². The minimum Gasteiger partial charge on any atom is -0.423 e. The molecule has 0 saturated carbocycles. The Bertz CT molecular complexity index is 410. The molecule has 5 heteroatoms. The van der Waals surface area contributed by atoms with Crippen LogP contribution in [-0.2, 0) is 5.41 Å². The van der Waals surface area contributed by atoms with Crippen LogP contribution in [-0.4, -0.2) is 23.1 Å². The van der Waals surface area contributed by atoms with Gasteiger partial charge in [-0.05, 0) is 28.6 Å². The average molecular weight is 221 g/mol. The minimum atomic E-state index is -1.60. The summed E-state index contributed by atoms with van der Waals surface area (Å²) in [5.41, 5.74) is 6.41. The fourth-order valence-corrected chi connectivity index (χ4v) is 1.38. The molecule has 0 heterocycles. The van der Waals surface area contributed by atoms with Crippen molar-refractivity contribution in [2.24, 2.45) is 5.73 Å². The number of nitrogens with two attached hydrogens (primary N) is 1. The molecule has 0 unspecified atom stereocenters. The van der Waals surface area contributed by atoms with Gasteiger partial charge in [-0.15, -0.1) is 0 Å². The predicted molar refractivity (Wildman–Crippen MR) is 63.5 cm³/mol. The summed E-state index contributed by atoms with van der Waals surface area (Å²) in [6, 6.07) is 4.73. The van der Waals surface area contributed by atoms with Crippen LogP contribution in [0.4, 0.5) is 0 Å². The zero-order chi connectivity index (χ0) is 12.5. The fraction of sp³-hybridized carbons (Fsp3) is 0.364. The highest BCUT2D eigenvalue weighted by Crippen LogP contribution is 2.22. The molecule has 1 rings (SSSR count). The smallest absolute Gasteiger partial charge is 0.423 e. The lowest BCUT2D eigenvalue weighted by Gasteiger charge is -2.20. The molecule has 0 saturated heterocycles. The molecule has 4 N–H and O–H groups in total. The van der Waals surface area contributed by atoms with Gasteiger partial charge in [0.15, 0.2) is 0 Å². The maximum absolute atomic E-state index is 11.1. The number of rotatable bonds is 2. The van der Waals surface area contributed by atoms with Gasteiger partial charge in [0.25, 0.3) is 0 Å². The molecule has 0 atom stereocenters. The summed E-state index contributed by atoms with van der Waals surface area (Å²) in [6.45, 7) is 5.92. The van der Waals surface area contributed by atoms with E-state index in [-0.39, 0.29) is 16.4 Å². The summed E-state index contributed by atoms with van der Waals surface area (Å²) >= 11 is 0. The Kier molecular flexibility index (Phi) is 3.40. The Balaban J connectivity index is 3.36. The van der Waals surface area contributed by atoms with Gasteiger partial charge in [0.2, 0.25) is 5.91 Å². The van der Waals surface area contributed by atoms with Gasteiger partial charge in [0, 0.05) is 5.56 Å². The van der Waals surface area contributed by atoms with Crippen LogP contribution in [0.5, 0.6) is 0 Å². The molecular weight excluding hydrogens is 205 g/mol. The van der Waals surface area contributed by atoms with E-state index in [2.05, 4.69) is 0 Å². The second kappa shape index (κ2) is 4.27. The lowest BCUT2D eigenvalue weighted by atomic mass is 9.75.